The smallest absolute Gasteiger partial charge is 1.00 e. The van der Waals surface area contributed by atoms with Gasteiger partial charge in [0.25, 0.3) is 0 Å². The first-order chi connectivity index (χ1) is 22.2. The summed E-state index contributed by atoms with van der Waals surface area (Å²) in [6.45, 7) is 15.5. The van der Waals surface area contributed by atoms with Crippen molar-refractivity contribution in [1.29, 1.82) is 0 Å². The summed E-state index contributed by atoms with van der Waals surface area (Å²) in [4.78, 5) is 0. The molecule has 0 amide bonds. The molecule has 5 aliphatic rings. The molecule has 0 radical (unpaired) electrons. The van der Waals surface area contributed by atoms with Gasteiger partial charge in [0, 0.05) is 0 Å². The molecular weight excluding hydrogens is 719 g/mol. The number of rotatable bonds is 4. The Morgan fingerprint density at radius 3 is 1.90 bits per heavy atom. The van der Waals surface area contributed by atoms with E-state index in [1.807, 2.05) is 11.1 Å². The van der Waals surface area contributed by atoms with Crippen LogP contribution in [0.4, 0.5) is 0 Å². The van der Waals surface area contributed by atoms with Crippen molar-refractivity contribution in [3.05, 3.63) is 131 Å². The number of hydrogen-bond acceptors (Lipinski definition) is 0. The summed E-state index contributed by atoms with van der Waals surface area (Å²) in [6, 6.07) is 29.5. The van der Waals surface area contributed by atoms with Crippen LogP contribution in [0, 0.1) is 42.9 Å². The molecular formula is C44H52Cl2SiZr. The van der Waals surface area contributed by atoms with Crippen molar-refractivity contribution < 1.29 is 45.2 Å². The van der Waals surface area contributed by atoms with Crippen LogP contribution in [-0.2, 0) is 26.8 Å². The van der Waals surface area contributed by atoms with Crippen molar-refractivity contribution in [2.24, 2.45) is 29.1 Å². The van der Waals surface area contributed by atoms with Crippen LogP contribution in [-0.4, -0.2) is 5.43 Å². The van der Waals surface area contributed by atoms with Gasteiger partial charge >= 0.3 is 288 Å². The molecule has 0 aromatic heterocycles. The van der Waals surface area contributed by atoms with Crippen molar-refractivity contribution in [3.8, 4) is 0 Å². The molecule has 2 fully saturated rings. The summed E-state index contributed by atoms with van der Waals surface area (Å²) in [5.74, 6) is 3.85. The van der Waals surface area contributed by atoms with Gasteiger partial charge in [-0.25, -0.2) is 0 Å². The maximum absolute atomic E-state index is 2.89. The average molecular weight is 771 g/mol. The minimum absolute atomic E-state index is 0. The van der Waals surface area contributed by atoms with Gasteiger partial charge in [-0.3, -0.25) is 0 Å². The number of fused-ring (bicyclic) bond motifs is 7. The first-order valence-electron chi connectivity index (χ1n) is 18.2. The van der Waals surface area contributed by atoms with Gasteiger partial charge in [0.2, 0.25) is 0 Å². The zero-order valence-electron chi connectivity index (χ0n) is 29.7. The van der Waals surface area contributed by atoms with E-state index in [1.54, 1.807) is 21.5 Å². The summed E-state index contributed by atoms with van der Waals surface area (Å²) in [5.41, 5.74) is 9.27. The van der Waals surface area contributed by atoms with Crippen LogP contribution in [0.2, 0.25) is 6.75 Å². The van der Waals surface area contributed by atoms with Crippen LogP contribution in [0.1, 0.15) is 88.0 Å². The Hall–Kier alpha value is -1.44. The maximum atomic E-state index is 2.89. The second-order valence-electron chi connectivity index (χ2n) is 16.3. The third-order valence-corrected chi connectivity index (χ3v) is 36.9. The zero-order chi connectivity index (χ0) is 31.8. The molecule has 5 aliphatic carbocycles. The van der Waals surface area contributed by atoms with Crippen molar-refractivity contribution in [2.45, 2.75) is 92.7 Å². The molecule has 0 N–H and O–H groups in total. The number of allylic oxidation sites excluding steroid dienone is 6. The Balaban J connectivity index is 0.00000201. The SMILES string of the molecule is Cc1ccc([Si](c2ccc(C)cc2)=[Zr+2]([CH]2C=CC=C2)[C]2(C)C3=C4Cc5ccccc5C4C4CCCCC4C3CC(C)C2(C)C)cc1.[Cl-].[Cl-]. The van der Waals surface area contributed by atoms with Crippen molar-refractivity contribution in [2.75, 3.05) is 0 Å². The topological polar surface area (TPSA) is 0 Å². The third-order valence-electron chi connectivity index (χ3n) is 13.9. The monoisotopic (exact) mass is 768 g/mol. The van der Waals surface area contributed by atoms with Crippen LogP contribution >= 0.6 is 0 Å². The molecule has 48 heavy (non-hydrogen) atoms. The van der Waals surface area contributed by atoms with E-state index < -0.39 is 25.8 Å². The first kappa shape index (κ1) is 36.4. The van der Waals surface area contributed by atoms with Gasteiger partial charge in [-0.15, -0.1) is 0 Å². The largest absolute Gasteiger partial charge is 1.00 e. The van der Waals surface area contributed by atoms with Crippen LogP contribution in [0.3, 0.4) is 0 Å². The Morgan fingerprint density at radius 2 is 1.29 bits per heavy atom. The predicted molar refractivity (Wildman–Crippen MR) is 194 cm³/mol. The van der Waals surface area contributed by atoms with E-state index >= 15 is 0 Å². The number of benzene rings is 3. The quantitative estimate of drug-likeness (QED) is 0.275. The van der Waals surface area contributed by atoms with Crippen LogP contribution in [0.5, 0.6) is 0 Å². The molecule has 6 atom stereocenters. The Kier molecular flexibility index (Phi) is 10.6. The van der Waals surface area contributed by atoms with Gasteiger partial charge in [0.05, 0.1) is 0 Å². The van der Waals surface area contributed by atoms with E-state index in [0.29, 0.717) is 9.54 Å². The van der Waals surface area contributed by atoms with Crippen LogP contribution in [0.25, 0.3) is 0 Å². The first-order valence-corrected chi connectivity index (χ1v) is 26.1. The number of halogens is 2. The van der Waals surface area contributed by atoms with Gasteiger partial charge in [0.15, 0.2) is 0 Å². The molecule has 2 saturated carbocycles. The van der Waals surface area contributed by atoms with Crippen molar-refractivity contribution >= 4 is 15.8 Å². The molecule has 8 rings (SSSR count). The molecule has 0 bridgehead atoms. The fourth-order valence-corrected chi connectivity index (χ4v) is 37.9. The summed E-state index contributed by atoms with van der Waals surface area (Å²) in [7, 11) is 0. The van der Waals surface area contributed by atoms with Crippen molar-refractivity contribution in [1.82, 2.24) is 0 Å². The second-order valence-corrected chi connectivity index (χ2v) is 31.2. The second kappa shape index (κ2) is 13.9. The van der Waals surface area contributed by atoms with Crippen LogP contribution in [0.15, 0.2) is 108 Å². The summed E-state index contributed by atoms with van der Waals surface area (Å²) >= 11 is -2.57. The summed E-state index contributed by atoms with van der Waals surface area (Å²) < 4.78 is 0.886. The predicted octanol–water partition coefficient (Wildman–Crippen LogP) is 4.27. The Bertz CT molecular complexity index is 1740. The van der Waals surface area contributed by atoms with E-state index in [4.69, 9.17) is 0 Å². The zero-order valence-corrected chi connectivity index (χ0v) is 34.7. The van der Waals surface area contributed by atoms with Crippen molar-refractivity contribution in [3.63, 3.8) is 0 Å². The average Bonchev–Trinajstić information content (AvgIpc) is 3.72. The summed E-state index contributed by atoms with van der Waals surface area (Å²) in [6.07, 6.45) is 18.5. The molecule has 3 aromatic rings. The third kappa shape index (κ3) is 5.63. The van der Waals surface area contributed by atoms with E-state index in [0.717, 1.165) is 23.7 Å². The van der Waals surface area contributed by atoms with E-state index in [-0.39, 0.29) is 33.4 Å². The van der Waals surface area contributed by atoms with Gasteiger partial charge in [0.1, 0.15) is 0 Å². The fraction of sp³-hybridized carbons (Fsp3) is 0.455. The minimum atomic E-state index is -2.57. The Morgan fingerprint density at radius 1 is 0.729 bits per heavy atom. The molecule has 4 heteroatoms. The minimum Gasteiger partial charge on any atom is -1.00 e. The van der Waals surface area contributed by atoms with E-state index in [9.17, 15) is 0 Å². The number of hydrogen-bond donors (Lipinski definition) is 0. The molecule has 0 saturated heterocycles. The van der Waals surface area contributed by atoms with E-state index in [1.165, 1.54) is 49.7 Å². The van der Waals surface area contributed by atoms with Gasteiger partial charge in [-0.2, -0.15) is 0 Å². The van der Waals surface area contributed by atoms with Gasteiger partial charge in [-0.05, 0) is 0 Å². The standard InChI is InChI=1S/C25H33.C14H14Si.C5H5.2ClH.Zr/c1-15-13-21-19-11-7-8-12-20(19)24-18-10-6-5-9-17(18)14-22(24)23(21)16(2)25(15,3)4;1-11-3-7-13(8-4-11)15-14-9-5-12(2)6-10-14;1-2-4-5-3-1;;;/h5-6,9-10,15,19-21,24H,7-8,11-14H2,1-4H3;3-10H,1-2H3;1-5H;2*1H;/q;;;;;+2/p-2. The molecule has 6 unspecified atom stereocenters. The number of aryl methyl sites for hydroxylation is 2. The molecule has 0 heterocycles. The van der Waals surface area contributed by atoms with Gasteiger partial charge in [-0.1, -0.05) is 0 Å². The molecule has 0 nitrogen and oxygen atoms in total. The molecule has 0 spiro atoms. The van der Waals surface area contributed by atoms with Crippen LogP contribution < -0.4 is 35.2 Å². The summed E-state index contributed by atoms with van der Waals surface area (Å²) in [5, 5.41) is 3.33. The molecule has 0 aliphatic heterocycles. The fourth-order valence-electron chi connectivity index (χ4n) is 11.1. The maximum Gasteiger partial charge on any atom is -1.00 e. The molecule has 250 valence electrons. The Labute approximate surface area is 311 Å². The molecule has 3 aromatic carbocycles. The van der Waals surface area contributed by atoms with E-state index in [2.05, 4.69) is 139 Å². The normalized spacial score (nSPS) is 29.4. The van der Waals surface area contributed by atoms with Gasteiger partial charge < -0.3 is 24.8 Å².